The molecule has 0 N–H and O–H groups in total. The zero-order valence-electron chi connectivity index (χ0n) is 12.1. The zero-order valence-corrected chi connectivity index (χ0v) is 12.1. The van der Waals surface area contributed by atoms with E-state index in [0.717, 1.165) is 43.1 Å². The monoisotopic (exact) mass is 297 g/mol. The number of non-ortho nitro benzene ring substituents is 1. The van der Waals surface area contributed by atoms with Gasteiger partial charge in [0, 0.05) is 11.5 Å². The Labute approximate surface area is 131 Å². The molecule has 0 radical (unpaired) electrons. The summed E-state index contributed by atoms with van der Waals surface area (Å²) >= 11 is 0. The number of fused-ring (bicyclic) bond motifs is 6. The lowest BCUT2D eigenvalue weighted by Gasteiger charge is -1.97. The average molecular weight is 297 g/mol. The van der Waals surface area contributed by atoms with Crippen LogP contribution < -0.4 is 0 Å². The van der Waals surface area contributed by atoms with Crippen LogP contribution in [0.3, 0.4) is 0 Å². The predicted octanol–water partition coefficient (Wildman–Crippen LogP) is 5.65. The van der Waals surface area contributed by atoms with Crippen LogP contribution in [0, 0.1) is 10.1 Å². The van der Waals surface area contributed by atoms with Gasteiger partial charge in [0.2, 0.25) is 0 Å². The van der Waals surface area contributed by atoms with E-state index in [1.54, 1.807) is 12.1 Å². The van der Waals surface area contributed by atoms with Crippen molar-refractivity contribution in [2.75, 3.05) is 0 Å². The maximum atomic E-state index is 11.6. The Morgan fingerprint density at radius 3 is 1.70 bits per heavy atom. The predicted molar refractivity (Wildman–Crippen MR) is 94.3 cm³/mol. The Bertz CT molecular complexity index is 1240. The maximum absolute atomic E-state index is 11.6. The van der Waals surface area contributed by atoms with Crippen molar-refractivity contribution < 1.29 is 4.92 Å². The highest BCUT2D eigenvalue weighted by molar-refractivity contribution is 6.42. The van der Waals surface area contributed by atoms with Crippen molar-refractivity contribution in [3.05, 3.63) is 76.8 Å². The van der Waals surface area contributed by atoms with Gasteiger partial charge in [-0.1, -0.05) is 60.7 Å². The number of nitro groups is 1. The van der Waals surface area contributed by atoms with Gasteiger partial charge in [-0.25, -0.2) is 0 Å². The first-order valence-electron chi connectivity index (χ1n) is 7.49. The van der Waals surface area contributed by atoms with Crippen molar-refractivity contribution in [2.24, 2.45) is 0 Å². The summed E-state index contributed by atoms with van der Waals surface area (Å²) in [5, 5.41) is 19.9. The second-order valence-electron chi connectivity index (χ2n) is 5.80. The summed E-state index contributed by atoms with van der Waals surface area (Å²) in [6.07, 6.45) is 0. The van der Waals surface area contributed by atoms with E-state index in [9.17, 15) is 10.1 Å². The molecule has 3 heteroatoms. The minimum absolute atomic E-state index is 0.180. The summed E-state index contributed by atoms with van der Waals surface area (Å²) in [6.45, 7) is 0. The van der Waals surface area contributed by atoms with Crippen LogP contribution in [0.4, 0.5) is 5.69 Å². The van der Waals surface area contributed by atoms with Crippen LogP contribution in [0.25, 0.3) is 43.1 Å². The fourth-order valence-corrected chi connectivity index (χ4v) is 3.84. The molecule has 0 unspecified atom stereocenters. The number of hydrogen-bond acceptors (Lipinski definition) is 2. The van der Waals surface area contributed by atoms with E-state index in [1.165, 1.54) is 0 Å². The first-order chi connectivity index (χ1) is 11.3. The van der Waals surface area contributed by atoms with E-state index in [4.69, 9.17) is 0 Å². The van der Waals surface area contributed by atoms with Gasteiger partial charge in [0.25, 0.3) is 5.69 Å². The van der Waals surface area contributed by atoms with Crippen LogP contribution in [0.5, 0.6) is 0 Å². The summed E-state index contributed by atoms with van der Waals surface area (Å²) in [4.78, 5) is 11.3. The van der Waals surface area contributed by atoms with Crippen LogP contribution in [0.2, 0.25) is 0 Å². The first kappa shape index (κ1) is 12.4. The molecule has 0 fully saturated rings. The molecule has 5 aromatic carbocycles. The Morgan fingerprint density at radius 1 is 0.565 bits per heavy atom. The number of nitro benzene ring substituents is 1. The number of hydrogen-bond donors (Lipinski definition) is 0. The molecule has 0 aliphatic rings. The largest absolute Gasteiger partial charge is 0.277 e. The molecule has 0 bridgehead atoms. The van der Waals surface area contributed by atoms with Crippen LogP contribution in [-0.4, -0.2) is 4.92 Å². The van der Waals surface area contributed by atoms with Gasteiger partial charge in [-0.15, -0.1) is 0 Å². The van der Waals surface area contributed by atoms with Crippen LogP contribution in [0.1, 0.15) is 0 Å². The summed E-state index contributed by atoms with van der Waals surface area (Å²) < 4.78 is 0. The lowest BCUT2D eigenvalue weighted by Crippen LogP contribution is -1.87. The van der Waals surface area contributed by atoms with Gasteiger partial charge in [0.15, 0.2) is 0 Å². The zero-order chi connectivity index (χ0) is 15.6. The second kappa shape index (κ2) is 4.17. The molecular formula is C20H11NO2. The van der Waals surface area contributed by atoms with Crippen LogP contribution in [0.15, 0.2) is 66.7 Å². The Balaban J connectivity index is 2.27. The van der Waals surface area contributed by atoms with Gasteiger partial charge in [0.1, 0.15) is 0 Å². The highest BCUT2D eigenvalue weighted by Gasteiger charge is 2.22. The Hall–Kier alpha value is -3.20. The van der Waals surface area contributed by atoms with Gasteiger partial charge in [0.05, 0.1) is 10.3 Å². The lowest BCUT2D eigenvalue weighted by atomic mass is 10.1. The lowest BCUT2D eigenvalue weighted by molar-refractivity contribution is -0.383. The molecule has 0 saturated heterocycles. The molecule has 3 nitrogen and oxygen atoms in total. The van der Waals surface area contributed by atoms with E-state index in [1.807, 2.05) is 30.3 Å². The molecule has 108 valence electrons. The third kappa shape index (κ3) is 1.44. The quantitative estimate of drug-likeness (QED) is 0.296. The highest BCUT2D eigenvalue weighted by atomic mass is 16.6. The average Bonchev–Trinajstić information content (AvgIpc) is 2.95. The third-order valence-electron chi connectivity index (χ3n) is 4.69. The number of rotatable bonds is 1. The maximum Gasteiger partial charge on any atom is 0.277 e. The molecular weight excluding hydrogens is 286 g/mol. The Kier molecular flexibility index (Phi) is 2.24. The normalized spacial score (nSPS) is 11.8. The summed E-state index contributed by atoms with van der Waals surface area (Å²) in [6, 6.07) is 21.7. The van der Waals surface area contributed by atoms with E-state index < -0.39 is 0 Å². The highest BCUT2D eigenvalue weighted by Crippen LogP contribution is 2.47. The smallest absolute Gasteiger partial charge is 0.258 e. The van der Waals surface area contributed by atoms with E-state index in [0.29, 0.717) is 0 Å². The van der Waals surface area contributed by atoms with Crippen molar-refractivity contribution in [3.8, 4) is 0 Å². The molecule has 0 heterocycles. The summed E-state index contributed by atoms with van der Waals surface area (Å²) in [5.41, 5.74) is 0.180. The molecule has 0 aliphatic heterocycles. The van der Waals surface area contributed by atoms with Crippen LogP contribution >= 0.6 is 0 Å². The fraction of sp³-hybridized carbons (Fsp3) is 0. The minimum atomic E-state index is -0.279. The molecule has 0 saturated carbocycles. The molecule has 5 rings (SSSR count). The Morgan fingerprint density at radius 2 is 1.04 bits per heavy atom. The topological polar surface area (TPSA) is 43.1 Å². The van der Waals surface area contributed by atoms with Gasteiger partial charge >= 0.3 is 0 Å². The summed E-state index contributed by atoms with van der Waals surface area (Å²) in [7, 11) is 0. The van der Waals surface area contributed by atoms with Crippen LogP contribution in [-0.2, 0) is 0 Å². The first-order valence-corrected chi connectivity index (χ1v) is 7.49. The third-order valence-corrected chi connectivity index (χ3v) is 4.69. The standard InChI is InChI=1S/C20H11NO2/c22-21(23)17-11-5-10-16-15-9-4-3-7-13-12-6-1-2-8-14(12)20(18(13)15)19(16)17/h1-11H. The SMILES string of the molecule is O=[N+]([O-])c1cccc2c3ccccc4c5ccccc5c(c12)c43. The van der Waals surface area contributed by atoms with Gasteiger partial charge in [-0.05, 0) is 32.3 Å². The molecule has 23 heavy (non-hydrogen) atoms. The molecule has 0 atom stereocenters. The van der Waals surface area contributed by atoms with Crippen molar-refractivity contribution in [2.45, 2.75) is 0 Å². The fourth-order valence-electron chi connectivity index (χ4n) is 3.84. The summed E-state index contributed by atoms with van der Waals surface area (Å²) in [5.74, 6) is 0. The van der Waals surface area contributed by atoms with E-state index >= 15 is 0 Å². The van der Waals surface area contributed by atoms with Crippen molar-refractivity contribution in [1.82, 2.24) is 0 Å². The van der Waals surface area contributed by atoms with Gasteiger partial charge in [-0.2, -0.15) is 0 Å². The molecule has 0 amide bonds. The molecule has 0 aromatic heterocycles. The van der Waals surface area contributed by atoms with Gasteiger partial charge in [-0.3, -0.25) is 10.1 Å². The number of nitrogens with zero attached hydrogens (tertiary/aromatic N) is 1. The van der Waals surface area contributed by atoms with Crippen molar-refractivity contribution in [1.29, 1.82) is 0 Å². The molecule has 0 aliphatic carbocycles. The number of benzene rings is 2. The van der Waals surface area contributed by atoms with Gasteiger partial charge < -0.3 is 0 Å². The second-order valence-corrected chi connectivity index (χ2v) is 5.80. The molecule has 0 spiro atoms. The van der Waals surface area contributed by atoms with E-state index in [2.05, 4.69) is 24.3 Å². The van der Waals surface area contributed by atoms with Crippen molar-refractivity contribution in [3.63, 3.8) is 0 Å². The molecule has 5 aromatic rings. The minimum Gasteiger partial charge on any atom is -0.258 e. The van der Waals surface area contributed by atoms with Crippen molar-refractivity contribution >= 4 is 48.8 Å². The van der Waals surface area contributed by atoms with E-state index in [-0.39, 0.29) is 10.6 Å².